The minimum absolute atomic E-state index is 0.481. The zero-order chi connectivity index (χ0) is 10.4. The van der Waals surface area contributed by atoms with Crippen LogP contribution in [0.2, 0.25) is 0 Å². The van der Waals surface area contributed by atoms with Gasteiger partial charge in [0.1, 0.15) is 5.52 Å². The van der Waals surface area contributed by atoms with Gasteiger partial charge in [-0.3, -0.25) is 0 Å². The van der Waals surface area contributed by atoms with Crippen LogP contribution in [0.1, 0.15) is 0 Å². The summed E-state index contributed by atoms with van der Waals surface area (Å²) >= 11 is 5.05. The highest BCUT2D eigenvalue weighted by Gasteiger charge is 2.06. The van der Waals surface area contributed by atoms with Crippen molar-refractivity contribution in [2.45, 2.75) is 0 Å². The van der Waals surface area contributed by atoms with Gasteiger partial charge in [-0.15, -0.1) is 0 Å². The molecule has 0 radical (unpaired) electrons. The van der Waals surface area contributed by atoms with Gasteiger partial charge in [0.2, 0.25) is 4.77 Å². The summed E-state index contributed by atoms with van der Waals surface area (Å²) in [5.74, 6) is 0. The molecule has 3 aromatic rings. The van der Waals surface area contributed by atoms with E-state index in [1.165, 1.54) is 0 Å². The molecule has 1 aromatic carbocycles. The van der Waals surface area contributed by atoms with Crippen LogP contribution >= 0.6 is 12.2 Å². The molecular formula is C10H8N4S. The lowest BCUT2D eigenvalue weighted by Crippen LogP contribution is -2.00. The quantitative estimate of drug-likeness (QED) is 0.586. The highest BCUT2D eigenvalue weighted by atomic mass is 32.1. The minimum atomic E-state index is 0.481. The monoisotopic (exact) mass is 216 g/mol. The second-order valence-corrected chi connectivity index (χ2v) is 3.75. The summed E-state index contributed by atoms with van der Waals surface area (Å²) in [7, 11) is 1.80. The van der Waals surface area contributed by atoms with Gasteiger partial charge in [0.15, 0.2) is 5.65 Å². The lowest BCUT2D eigenvalue weighted by atomic mass is 10.2. The molecule has 2 aromatic heterocycles. The molecule has 0 saturated heterocycles. The summed E-state index contributed by atoms with van der Waals surface area (Å²) in [6.45, 7) is 0. The van der Waals surface area contributed by atoms with Crippen molar-refractivity contribution in [3.63, 3.8) is 0 Å². The van der Waals surface area contributed by atoms with Gasteiger partial charge in [0.25, 0.3) is 0 Å². The third-order valence-corrected chi connectivity index (χ3v) is 2.75. The summed E-state index contributed by atoms with van der Waals surface area (Å²) in [6.07, 6.45) is 0. The van der Waals surface area contributed by atoms with Gasteiger partial charge in [-0.05, 0) is 18.3 Å². The lowest BCUT2D eigenvalue weighted by Gasteiger charge is -1.95. The number of para-hydroxylation sites is 1. The first-order valence-corrected chi connectivity index (χ1v) is 4.98. The Balaban J connectivity index is 2.61. The highest BCUT2D eigenvalue weighted by Crippen LogP contribution is 2.20. The summed E-state index contributed by atoms with van der Waals surface area (Å²) in [5, 5.41) is 5.46. The van der Waals surface area contributed by atoms with Gasteiger partial charge in [0.05, 0.1) is 0 Å². The maximum absolute atomic E-state index is 5.05. The van der Waals surface area contributed by atoms with Gasteiger partial charge in [0, 0.05) is 18.0 Å². The van der Waals surface area contributed by atoms with E-state index in [0.29, 0.717) is 4.77 Å². The third kappa shape index (κ3) is 1.16. The summed E-state index contributed by atoms with van der Waals surface area (Å²) in [6, 6.07) is 7.98. The Kier molecular flexibility index (Phi) is 1.63. The molecule has 3 rings (SSSR count). The third-order valence-electron chi connectivity index (χ3n) is 2.39. The van der Waals surface area contributed by atoms with E-state index >= 15 is 0 Å². The van der Waals surface area contributed by atoms with Gasteiger partial charge >= 0.3 is 0 Å². The molecule has 0 amide bonds. The van der Waals surface area contributed by atoms with Crippen molar-refractivity contribution in [2.24, 2.45) is 7.05 Å². The molecule has 4 nitrogen and oxygen atoms in total. The Morgan fingerprint density at radius 1 is 1.33 bits per heavy atom. The highest BCUT2D eigenvalue weighted by molar-refractivity contribution is 7.71. The number of rotatable bonds is 0. The maximum Gasteiger partial charge on any atom is 0.217 e. The fourth-order valence-electron chi connectivity index (χ4n) is 1.66. The Morgan fingerprint density at radius 2 is 2.13 bits per heavy atom. The molecular weight excluding hydrogens is 208 g/mol. The molecule has 74 valence electrons. The Labute approximate surface area is 90.6 Å². The van der Waals surface area contributed by atoms with Crippen LogP contribution in [-0.4, -0.2) is 19.7 Å². The molecule has 0 atom stereocenters. The van der Waals surface area contributed by atoms with Crippen molar-refractivity contribution >= 4 is 34.3 Å². The van der Waals surface area contributed by atoms with Crippen molar-refractivity contribution in [3.8, 4) is 0 Å². The molecule has 0 unspecified atom stereocenters. The van der Waals surface area contributed by atoms with Crippen LogP contribution in [0.15, 0.2) is 24.3 Å². The average molecular weight is 216 g/mol. The van der Waals surface area contributed by atoms with Crippen molar-refractivity contribution in [1.29, 1.82) is 0 Å². The Bertz CT molecular complexity index is 710. The van der Waals surface area contributed by atoms with Crippen LogP contribution < -0.4 is 0 Å². The van der Waals surface area contributed by atoms with E-state index in [2.05, 4.69) is 15.1 Å². The number of benzene rings is 1. The van der Waals surface area contributed by atoms with Gasteiger partial charge < -0.3 is 4.98 Å². The molecule has 0 aliphatic carbocycles. The van der Waals surface area contributed by atoms with E-state index in [-0.39, 0.29) is 0 Å². The van der Waals surface area contributed by atoms with Gasteiger partial charge in [-0.25, -0.2) is 4.68 Å². The molecule has 0 saturated carbocycles. The van der Waals surface area contributed by atoms with Crippen molar-refractivity contribution in [1.82, 2.24) is 19.7 Å². The average Bonchev–Trinajstić information content (AvgIpc) is 2.57. The zero-order valence-electron chi connectivity index (χ0n) is 8.06. The van der Waals surface area contributed by atoms with E-state index in [9.17, 15) is 0 Å². The summed E-state index contributed by atoms with van der Waals surface area (Å²) in [4.78, 5) is 7.46. The van der Waals surface area contributed by atoms with E-state index in [4.69, 9.17) is 12.2 Å². The number of aromatic amines is 1. The molecule has 0 fully saturated rings. The Hall–Kier alpha value is -1.75. The van der Waals surface area contributed by atoms with Gasteiger partial charge in [-0.2, -0.15) is 10.1 Å². The van der Waals surface area contributed by atoms with Crippen LogP contribution in [0, 0.1) is 4.77 Å². The van der Waals surface area contributed by atoms with Gasteiger partial charge in [-0.1, -0.05) is 18.2 Å². The predicted molar refractivity (Wildman–Crippen MR) is 61.2 cm³/mol. The summed E-state index contributed by atoms with van der Waals surface area (Å²) < 4.78 is 2.09. The van der Waals surface area contributed by atoms with Crippen LogP contribution in [0.25, 0.3) is 22.1 Å². The molecule has 0 spiro atoms. The van der Waals surface area contributed by atoms with Crippen LogP contribution in [0.3, 0.4) is 0 Å². The number of H-pyrrole nitrogens is 1. The second-order valence-electron chi connectivity index (χ2n) is 3.39. The van der Waals surface area contributed by atoms with E-state index in [1.54, 1.807) is 11.7 Å². The minimum Gasteiger partial charge on any atom is -0.338 e. The fraction of sp³-hybridized carbons (Fsp3) is 0.100. The molecule has 15 heavy (non-hydrogen) atoms. The molecule has 2 heterocycles. The molecule has 0 aliphatic heterocycles. The van der Waals surface area contributed by atoms with Crippen LogP contribution in [0.5, 0.6) is 0 Å². The van der Waals surface area contributed by atoms with Crippen LogP contribution in [-0.2, 0) is 7.05 Å². The van der Waals surface area contributed by atoms with Crippen molar-refractivity contribution in [2.75, 3.05) is 0 Å². The first-order valence-electron chi connectivity index (χ1n) is 4.57. The first kappa shape index (κ1) is 8.55. The SMILES string of the molecule is Cn1nc2c(nc1=S)[nH]c1ccccc12. The summed E-state index contributed by atoms with van der Waals surface area (Å²) in [5.41, 5.74) is 2.65. The zero-order valence-corrected chi connectivity index (χ0v) is 8.88. The smallest absolute Gasteiger partial charge is 0.217 e. The maximum atomic E-state index is 5.05. The lowest BCUT2D eigenvalue weighted by molar-refractivity contribution is 0.721. The molecule has 1 N–H and O–H groups in total. The van der Waals surface area contributed by atoms with E-state index < -0.39 is 0 Å². The molecule has 0 bridgehead atoms. The normalized spacial score (nSPS) is 11.3. The second kappa shape index (κ2) is 2.87. The van der Waals surface area contributed by atoms with Crippen molar-refractivity contribution in [3.05, 3.63) is 29.0 Å². The molecule has 5 heteroatoms. The number of nitrogens with zero attached hydrogens (tertiary/aromatic N) is 3. The fourth-order valence-corrected chi connectivity index (χ4v) is 1.79. The standard InChI is InChI=1S/C10H8N4S/c1-14-10(15)12-9-8(13-14)6-4-2-3-5-7(6)11-9/h2-5H,1H3,(H,11,12,15). The number of aryl methyl sites for hydroxylation is 1. The number of aromatic nitrogens is 4. The number of fused-ring (bicyclic) bond motifs is 3. The number of nitrogens with one attached hydrogen (secondary N) is 1. The largest absolute Gasteiger partial charge is 0.338 e. The topological polar surface area (TPSA) is 46.5 Å². The molecule has 0 aliphatic rings. The van der Waals surface area contributed by atoms with E-state index in [1.807, 2.05) is 24.3 Å². The predicted octanol–water partition coefficient (Wildman–Crippen LogP) is 2.18. The number of hydrogen-bond donors (Lipinski definition) is 1. The van der Waals surface area contributed by atoms with Crippen molar-refractivity contribution < 1.29 is 0 Å². The number of hydrogen-bond acceptors (Lipinski definition) is 3. The first-order chi connectivity index (χ1) is 7.25. The van der Waals surface area contributed by atoms with E-state index in [0.717, 1.165) is 22.1 Å². The Morgan fingerprint density at radius 3 is 3.00 bits per heavy atom. The van der Waals surface area contributed by atoms with Crippen LogP contribution in [0.4, 0.5) is 0 Å².